The third-order valence-electron chi connectivity index (χ3n) is 4.99. The highest BCUT2D eigenvalue weighted by Gasteiger charge is 2.37. The number of anilines is 1. The zero-order valence-corrected chi connectivity index (χ0v) is 17.2. The molecule has 1 fully saturated rings. The second kappa shape index (κ2) is 8.69. The highest BCUT2D eigenvalue weighted by Crippen LogP contribution is 2.34. The van der Waals surface area contributed by atoms with Crippen LogP contribution in [-0.2, 0) is 16.1 Å². The summed E-state index contributed by atoms with van der Waals surface area (Å²) < 4.78 is 24.5. The summed E-state index contributed by atoms with van der Waals surface area (Å²) in [7, 11) is 4.63. The normalized spacial score (nSPS) is 16.1. The van der Waals surface area contributed by atoms with Crippen molar-refractivity contribution < 1.29 is 23.5 Å². The Labute approximate surface area is 173 Å². The highest BCUT2D eigenvalue weighted by molar-refractivity contribution is 6.31. The van der Waals surface area contributed by atoms with E-state index in [1.165, 1.54) is 31.3 Å². The fourth-order valence-corrected chi connectivity index (χ4v) is 3.65. The number of hydrogen-bond donors (Lipinski definition) is 0. The molecule has 1 heterocycles. The van der Waals surface area contributed by atoms with Crippen LogP contribution in [0.25, 0.3) is 0 Å². The number of rotatable bonds is 6. The molecule has 1 saturated heterocycles. The fourth-order valence-electron chi connectivity index (χ4n) is 3.43. The first-order valence-electron chi connectivity index (χ1n) is 9.06. The van der Waals surface area contributed by atoms with Gasteiger partial charge in [-0.2, -0.15) is 0 Å². The van der Waals surface area contributed by atoms with Gasteiger partial charge in [0.15, 0.2) is 11.5 Å². The van der Waals surface area contributed by atoms with Gasteiger partial charge in [-0.1, -0.05) is 17.7 Å². The maximum atomic E-state index is 14.0. The van der Waals surface area contributed by atoms with Crippen molar-refractivity contribution >= 4 is 29.1 Å². The van der Waals surface area contributed by atoms with Gasteiger partial charge in [0.2, 0.25) is 11.8 Å². The number of benzene rings is 2. The lowest BCUT2D eigenvalue weighted by Crippen LogP contribution is -2.34. The summed E-state index contributed by atoms with van der Waals surface area (Å²) in [5, 5.41) is 0.263. The summed E-state index contributed by atoms with van der Waals surface area (Å²) in [6, 6.07) is 9.55. The molecule has 0 aromatic heterocycles. The largest absolute Gasteiger partial charge is 0.493 e. The van der Waals surface area contributed by atoms with Crippen LogP contribution >= 0.6 is 11.6 Å². The molecule has 2 aromatic carbocycles. The first kappa shape index (κ1) is 20.9. The molecule has 154 valence electrons. The topological polar surface area (TPSA) is 59.1 Å². The predicted octanol–water partition coefficient (Wildman–Crippen LogP) is 3.51. The minimum absolute atomic E-state index is 0.0331. The SMILES string of the molecule is COc1ccc(N2CC(C(=O)N(C)Cc3c(F)cccc3Cl)CC2=O)cc1OC. The van der Waals surface area contributed by atoms with Gasteiger partial charge in [0, 0.05) is 48.9 Å². The summed E-state index contributed by atoms with van der Waals surface area (Å²) in [5.74, 6) is -0.331. The van der Waals surface area contributed by atoms with Crippen LogP contribution < -0.4 is 14.4 Å². The lowest BCUT2D eigenvalue weighted by atomic mass is 10.1. The quantitative estimate of drug-likeness (QED) is 0.717. The van der Waals surface area contributed by atoms with Crippen LogP contribution in [0.1, 0.15) is 12.0 Å². The number of methoxy groups -OCH3 is 2. The summed E-state index contributed by atoms with van der Waals surface area (Å²) in [5.41, 5.74) is 0.883. The number of amides is 2. The molecule has 6 nitrogen and oxygen atoms in total. The Hall–Kier alpha value is -2.80. The Morgan fingerprint density at radius 1 is 1.24 bits per heavy atom. The van der Waals surface area contributed by atoms with Crippen molar-refractivity contribution in [3.63, 3.8) is 0 Å². The summed E-state index contributed by atoms with van der Waals surface area (Å²) >= 11 is 6.06. The van der Waals surface area contributed by atoms with Crippen molar-refractivity contribution in [3.05, 3.63) is 52.8 Å². The average molecular weight is 421 g/mol. The number of ether oxygens (including phenoxy) is 2. The molecule has 3 rings (SSSR count). The van der Waals surface area contributed by atoms with Crippen molar-refractivity contribution in [3.8, 4) is 11.5 Å². The van der Waals surface area contributed by atoms with E-state index in [1.807, 2.05) is 0 Å². The molecular weight excluding hydrogens is 399 g/mol. The van der Waals surface area contributed by atoms with Gasteiger partial charge in [-0.15, -0.1) is 0 Å². The number of carbonyl (C=O) groups is 2. The standard InChI is InChI=1S/C21H22ClFN2O4/c1-24(12-15-16(22)5-4-6-17(15)23)21(27)13-9-20(26)25(11-13)14-7-8-18(28-2)19(10-14)29-3/h4-8,10,13H,9,11-12H2,1-3H3. The number of nitrogens with zero attached hydrogens (tertiary/aromatic N) is 2. The van der Waals surface area contributed by atoms with E-state index in [2.05, 4.69) is 0 Å². The van der Waals surface area contributed by atoms with Crippen molar-refractivity contribution in [1.29, 1.82) is 0 Å². The van der Waals surface area contributed by atoms with Crippen LogP contribution in [0, 0.1) is 11.7 Å². The van der Waals surface area contributed by atoms with E-state index in [4.69, 9.17) is 21.1 Å². The van der Waals surface area contributed by atoms with E-state index in [9.17, 15) is 14.0 Å². The molecule has 0 spiro atoms. The molecule has 0 N–H and O–H groups in total. The molecular formula is C21H22ClFN2O4. The molecule has 2 aromatic rings. The van der Waals surface area contributed by atoms with Crippen molar-refractivity contribution in [1.82, 2.24) is 4.90 Å². The lowest BCUT2D eigenvalue weighted by Gasteiger charge is -2.22. The molecule has 0 radical (unpaired) electrons. The maximum absolute atomic E-state index is 14.0. The maximum Gasteiger partial charge on any atom is 0.228 e. The monoisotopic (exact) mass is 420 g/mol. The average Bonchev–Trinajstić information content (AvgIpc) is 3.11. The zero-order valence-electron chi connectivity index (χ0n) is 16.4. The summed E-state index contributed by atoms with van der Waals surface area (Å²) in [6.07, 6.45) is 0.0858. The second-order valence-corrected chi connectivity index (χ2v) is 7.25. The number of carbonyl (C=O) groups excluding carboxylic acids is 2. The van der Waals surface area contributed by atoms with Crippen molar-refractivity contribution in [2.45, 2.75) is 13.0 Å². The molecule has 1 aliphatic heterocycles. The van der Waals surface area contributed by atoms with Crippen LogP contribution in [0.4, 0.5) is 10.1 Å². The Morgan fingerprint density at radius 3 is 2.62 bits per heavy atom. The molecule has 0 bridgehead atoms. The van der Waals surface area contributed by atoms with E-state index in [1.54, 1.807) is 36.2 Å². The van der Waals surface area contributed by atoms with Crippen LogP contribution in [0.3, 0.4) is 0 Å². The first-order chi connectivity index (χ1) is 13.8. The van der Waals surface area contributed by atoms with Gasteiger partial charge in [-0.05, 0) is 24.3 Å². The van der Waals surface area contributed by atoms with E-state index in [-0.39, 0.29) is 41.9 Å². The molecule has 1 atom stereocenters. The minimum atomic E-state index is -0.522. The summed E-state index contributed by atoms with van der Waals surface area (Å²) in [4.78, 5) is 28.3. The summed E-state index contributed by atoms with van der Waals surface area (Å²) in [6.45, 7) is 0.272. The van der Waals surface area contributed by atoms with Crippen LogP contribution in [0.5, 0.6) is 11.5 Å². The van der Waals surface area contributed by atoms with Crippen molar-refractivity contribution in [2.24, 2.45) is 5.92 Å². The van der Waals surface area contributed by atoms with Gasteiger partial charge < -0.3 is 19.3 Å². The Morgan fingerprint density at radius 2 is 1.97 bits per heavy atom. The fraction of sp³-hybridized carbons (Fsp3) is 0.333. The second-order valence-electron chi connectivity index (χ2n) is 6.84. The predicted molar refractivity (Wildman–Crippen MR) is 108 cm³/mol. The zero-order chi connectivity index (χ0) is 21.1. The van der Waals surface area contributed by atoms with Crippen LogP contribution in [-0.4, -0.2) is 44.5 Å². The van der Waals surface area contributed by atoms with E-state index < -0.39 is 11.7 Å². The number of hydrogen-bond acceptors (Lipinski definition) is 4. The molecule has 1 aliphatic rings. The van der Waals surface area contributed by atoms with Gasteiger partial charge in [-0.25, -0.2) is 4.39 Å². The molecule has 0 saturated carbocycles. The minimum Gasteiger partial charge on any atom is -0.493 e. The molecule has 0 aliphatic carbocycles. The first-order valence-corrected chi connectivity index (χ1v) is 9.43. The molecule has 8 heteroatoms. The Bertz CT molecular complexity index is 917. The Balaban J connectivity index is 1.73. The molecule has 2 amide bonds. The third kappa shape index (κ3) is 4.29. The van der Waals surface area contributed by atoms with E-state index >= 15 is 0 Å². The van der Waals surface area contributed by atoms with Gasteiger partial charge >= 0.3 is 0 Å². The van der Waals surface area contributed by atoms with Gasteiger partial charge in [0.1, 0.15) is 5.82 Å². The van der Waals surface area contributed by atoms with Gasteiger partial charge in [0.05, 0.1) is 20.1 Å². The van der Waals surface area contributed by atoms with Gasteiger partial charge in [-0.3, -0.25) is 9.59 Å². The van der Waals surface area contributed by atoms with Crippen molar-refractivity contribution in [2.75, 3.05) is 32.7 Å². The van der Waals surface area contributed by atoms with E-state index in [0.717, 1.165) is 0 Å². The van der Waals surface area contributed by atoms with Crippen LogP contribution in [0.2, 0.25) is 5.02 Å². The smallest absolute Gasteiger partial charge is 0.228 e. The van der Waals surface area contributed by atoms with Gasteiger partial charge in [0.25, 0.3) is 0 Å². The lowest BCUT2D eigenvalue weighted by molar-refractivity contribution is -0.135. The van der Waals surface area contributed by atoms with E-state index in [0.29, 0.717) is 17.2 Å². The molecule has 29 heavy (non-hydrogen) atoms. The Kier molecular flexibility index (Phi) is 6.27. The highest BCUT2D eigenvalue weighted by atomic mass is 35.5. The number of halogens is 2. The van der Waals surface area contributed by atoms with Crippen LogP contribution in [0.15, 0.2) is 36.4 Å². The third-order valence-corrected chi connectivity index (χ3v) is 5.34. The molecule has 1 unspecified atom stereocenters.